The van der Waals surface area contributed by atoms with Crippen molar-refractivity contribution in [2.75, 3.05) is 0 Å². The largest absolute Gasteiger partial charge is 0.462 e. The van der Waals surface area contributed by atoms with Crippen LogP contribution < -0.4 is 0 Å². The third-order valence-corrected chi connectivity index (χ3v) is 5.20. The van der Waals surface area contributed by atoms with Crippen LogP contribution in [0.5, 0.6) is 0 Å². The van der Waals surface area contributed by atoms with Crippen LogP contribution in [-0.4, -0.2) is 29.1 Å². The van der Waals surface area contributed by atoms with Crippen molar-refractivity contribution in [3.8, 4) is 0 Å². The van der Waals surface area contributed by atoms with Crippen LogP contribution >= 0.6 is 0 Å². The summed E-state index contributed by atoms with van der Waals surface area (Å²) in [5.41, 5.74) is 0.543. The van der Waals surface area contributed by atoms with Crippen LogP contribution in [0.25, 0.3) is 0 Å². The summed E-state index contributed by atoms with van der Waals surface area (Å²) in [6.07, 6.45) is 3.17. The first-order chi connectivity index (χ1) is 9.28. The number of aliphatic hydroxyl groups is 1. The highest BCUT2D eigenvalue weighted by Gasteiger charge is 2.55. The minimum absolute atomic E-state index is 0.0327. The second-order valence-electron chi connectivity index (χ2n) is 6.41. The summed E-state index contributed by atoms with van der Waals surface area (Å²) in [6, 6.07) is 0. The zero-order valence-electron chi connectivity index (χ0n) is 12.7. The summed E-state index contributed by atoms with van der Waals surface area (Å²) in [5, 5.41) is 10.4. The maximum absolute atomic E-state index is 12.2. The Morgan fingerprint density at radius 1 is 1.40 bits per heavy atom. The molecule has 1 saturated carbocycles. The lowest BCUT2D eigenvalue weighted by molar-refractivity contribution is -0.162. The number of allylic oxidation sites excluding steroid dienone is 1. The molecular weight excluding hydrogens is 256 g/mol. The highest BCUT2D eigenvalue weighted by Crippen LogP contribution is 2.54. The monoisotopic (exact) mass is 280 g/mol. The van der Waals surface area contributed by atoms with Gasteiger partial charge in [0, 0.05) is 18.8 Å². The van der Waals surface area contributed by atoms with Crippen LogP contribution in [0, 0.1) is 17.3 Å². The van der Waals surface area contributed by atoms with E-state index in [9.17, 15) is 14.7 Å². The smallest absolute Gasteiger partial charge is 0.302 e. The molecule has 0 unspecified atom stereocenters. The van der Waals surface area contributed by atoms with Crippen molar-refractivity contribution < 1.29 is 19.4 Å². The average Bonchev–Trinajstić information content (AvgIpc) is 2.30. The van der Waals surface area contributed by atoms with Crippen LogP contribution in [-0.2, 0) is 14.3 Å². The number of hydrogen-bond donors (Lipinski definition) is 1. The van der Waals surface area contributed by atoms with Gasteiger partial charge in [-0.2, -0.15) is 0 Å². The minimum Gasteiger partial charge on any atom is -0.462 e. The van der Waals surface area contributed by atoms with Gasteiger partial charge >= 0.3 is 5.97 Å². The SMILES string of the molecule is CC(=O)O[C@H]1C[C@H](O)C2=CCC[C@H](C)[C@@]2(C)[C@H]1C(C)=O. The van der Waals surface area contributed by atoms with Gasteiger partial charge < -0.3 is 9.84 Å². The Bertz CT molecular complexity index is 453. The van der Waals surface area contributed by atoms with E-state index in [2.05, 4.69) is 13.0 Å². The van der Waals surface area contributed by atoms with Crippen LogP contribution in [0.4, 0.5) is 0 Å². The number of hydrogen-bond acceptors (Lipinski definition) is 4. The first kappa shape index (κ1) is 15.2. The lowest BCUT2D eigenvalue weighted by Crippen LogP contribution is -2.55. The standard InChI is InChI=1S/C16H24O4/c1-9-6-5-7-12-13(19)8-14(20-11(3)18)15(10(2)17)16(9,12)4/h7,9,13-15,19H,5-6,8H2,1-4H3/t9-,13-,14-,15-,16+/m0/s1. The Morgan fingerprint density at radius 3 is 2.60 bits per heavy atom. The van der Waals surface area contributed by atoms with E-state index < -0.39 is 23.6 Å². The molecule has 0 amide bonds. The molecule has 0 radical (unpaired) electrons. The summed E-state index contributed by atoms with van der Waals surface area (Å²) >= 11 is 0. The Labute approximate surface area is 120 Å². The predicted molar refractivity (Wildman–Crippen MR) is 74.9 cm³/mol. The molecule has 0 aliphatic heterocycles. The second kappa shape index (κ2) is 5.32. The summed E-state index contributed by atoms with van der Waals surface area (Å²) in [7, 11) is 0. The van der Waals surface area contributed by atoms with E-state index in [1.54, 1.807) is 6.92 Å². The molecule has 0 aromatic carbocycles. The molecule has 2 aliphatic rings. The molecule has 0 bridgehead atoms. The third kappa shape index (κ3) is 2.30. The van der Waals surface area contributed by atoms with E-state index in [-0.39, 0.29) is 17.6 Å². The van der Waals surface area contributed by atoms with Crippen LogP contribution in [0.3, 0.4) is 0 Å². The van der Waals surface area contributed by atoms with E-state index in [0.29, 0.717) is 6.42 Å². The zero-order valence-corrected chi connectivity index (χ0v) is 12.7. The maximum atomic E-state index is 12.2. The van der Waals surface area contributed by atoms with E-state index in [1.807, 2.05) is 6.92 Å². The van der Waals surface area contributed by atoms with Gasteiger partial charge in [0.25, 0.3) is 0 Å². The number of ketones is 1. The molecule has 2 rings (SSSR count). The van der Waals surface area contributed by atoms with Crippen molar-refractivity contribution in [2.45, 2.75) is 59.2 Å². The molecule has 0 aromatic heterocycles. The molecule has 0 heterocycles. The normalized spacial score (nSPS) is 40.5. The van der Waals surface area contributed by atoms with E-state index >= 15 is 0 Å². The Hall–Kier alpha value is -1.16. The summed E-state index contributed by atoms with van der Waals surface area (Å²) in [6.45, 7) is 7.06. The number of carbonyl (C=O) groups is 2. The summed E-state index contributed by atoms with van der Waals surface area (Å²) in [4.78, 5) is 23.5. The molecule has 0 spiro atoms. The summed E-state index contributed by atoms with van der Waals surface area (Å²) < 4.78 is 5.35. The Morgan fingerprint density at radius 2 is 2.05 bits per heavy atom. The second-order valence-corrected chi connectivity index (χ2v) is 6.41. The highest BCUT2D eigenvalue weighted by molar-refractivity contribution is 5.81. The van der Waals surface area contributed by atoms with Gasteiger partial charge in [-0.25, -0.2) is 0 Å². The molecule has 2 aliphatic carbocycles. The molecule has 0 saturated heterocycles. The molecule has 112 valence electrons. The van der Waals surface area contributed by atoms with E-state index in [4.69, 9.17) is 4.74 Å². The van der Waals surface area contributed by atoms with Crippen LogP contribution in [0.1, 0.15) is 47.0 Å². The van der Waals surface area contributed by atoms with Crippen LogP contribution in [0.15, 0.2) is 11.6 Å². The number of ether oxygens (including phenoxy) is 1. The fourth-order valence-electron chi connectivity index (χ4n) is 4.16. The number of aliphatic hydroxyl groups excluding tert-OH is 1. The summed E-state index contributed by atoms with van der Waals surface area (Å²) in [5.74, 6) is -0.445. The van der Waals surface area contributed by atoms with Gasteiger partial charge in [0.2, 0.25) is 0 Å². The Kier molecular flexibility index (Phi) is 4.05. The number of fused-ring (bicyclic) bond motifs is 1. The predicted octanol–water partition coefficient (Wildman–Crippen LogP) is 2.25. The van der Waals surface area contributed by atoms with E-state index in [0.717, 1.165) is 18.4 Å². The van der Waals surface area contributed by atoms with Crippen molar-refractivity contribution in [1.29, 1.82) is 0 Å². The fourth-order valence-corrected chi connectivity index (χ4v) is 4.16. The van der Waals surface area contributed by atoms with Gasteiger partial charge in [0.05, 0.1) is 12.0 Å². The van der Waals surface area contributed by atoms with Crippen molar-refractivity contribution in [1.82, 2.24) is 0 Å². The zero-order chi connectivity index (χ0) is 15.1. The molecular formula is C16H24O4. The van der Waals surface area contributed by atoms with Gasteiger partial charge in [0.15, 0.2) is 0 Å². The molecule has 1 N–H and O–H groups in total. The van der Waals surface area contributed by atoms with Crippen molar-refractivity contribution in [3.05, 3.63) is 11.6 Å². The first-order valence-corrected chi connectivity index (χ1v) is 7.34. The minimum atomic E-state index is -0.623. The number of carbonyl (C=O) groups excluding carboxylic acids is 2. The van der Waals surface area contributed by atoms with Crippen molar-refractivity contribution in [2.24, 2.45) is 17.3 Å². The highest BCUT2D eigenvalue weighted by atomic mass is 16.5. The lowest BCUT2D eigenvalue weighted by Gasteiger charge is -2.53. The molecule has 1 fully saturated rings. The van der Waals surface area contributed by atoms with Crippen molar-refractivity contribution in [3.63, 3.8) is 0 Å². The van der Waals surface area contributed by atoms with Gasteiger partial charge in [0.1, 0.15) is 11.9 Å². The number of Topliss-reactive ketones (excluding diaryl/α,β-unsaturated/α-hetero) is 1. The maximum Gasteiger partial charge on any atom is 0.302 e. The third-order valence-electron chi connectivity index (χ3n) is 5.20. The molecule has 0 aromatic rings. The van der Waals surface area contributed by atoms with Crippen LogP contribution in [0.2, 0.25) is 0 Å². The number of esters is 1. The van der Waals surface area contributed by atoms with Crippen molar-refractivity contribution >= 4 is 11.8 Å². The quantitative estimate of drug-likeness (QED) is 0.622. The molecule has 5 atom stereocenters. The number of rotatable bonds is 2. The van der Waals surface area contributed by atoms with Gasteiger partial charge in [-0.05, 0) is 31.3 Å². The lowest BCUT2D eigenvalue weighted by atomic mass is 9.53. The molecule has 4 heteroatoms. The van der Waals surface area contributed by atoms with Gasteiger partial charge in [-0.1, -0.05) is 19.9 Å². The molecule has 4 nitrogen and oxygen atoms in total. The van der Waals surface area contributed by atoms with Gasteiger partial charge in [-0.3, -0.25) is 9.59 Å². The Balaban J connectivity index is 2.47. The topological polar surface area (TPSA) is 63.6 Å². The van der Waals surface area contributed by atoms with E-state index in [1.165, 1.54) is 6.92 Å². The first-order valence-electron chi connectivity index (χ1n) is 7.34. The average molecular weight is 280 g/mol. The molecule has 20 heavy (non-hydrogen) atoms. The van der Waals surface area contributed by atoms with Gasteiger partial charge in [-0.15, -0.1) is 0 Å². The fraction of sp³-hybridized carbons (Fsp3) is 0.750.